The first kappa shape index (κ1) is 18.0. The molecule has 1 atom stereocenters. The molecule has 0 fully saturated rings. The van der Waals surface area contributed by atoms with E-state index >= 15 is 0 Å². The number of fused-ring (bicyclic) bond motifs is 2. The Balaban J connectivity index is 1.82. The highest BCUT2D eigenvalue weighted by atomic mass is 16.5. The number of aryl methyl sites for hydroxylation is 2. The van der Waals surface area contributed by atoms with Crippen LogP contribution in [0, 0.1) is 25.2 Å². The summed E-state index contributed by atoms with van der Waals surface area (Å²) in [6.45, 7) is 4.12. The van der Waals surface area contributed by atoms with Crippen molar-refractivity contribution in [3.05, 3.63) is 88.4 Å². The highest BCUT2D eigenvalue weighted by molar-refractivity contribution is 5.85. The number of rotatable bonds is 2. The van der Waals surface area contributed by atoms with Gasteiger partial charge in [-0.2, -0.15) is 5.26 Å². The quantitative estimate of drug-likeness (QED) is 0.524. The van der Waals surface area contributed by atoms with Gasteiger partial charge in [0.05, 0.1) is 22.7 Å². The monoisotopic (exact) mass is 393 g/mol. The first-order valence-electron chi connectivity index (χ1n) is 9.65. The molecule has 5 rings (SSSR count). The summed E-state index contributed by atoms with van der Waals surface area (Å²) >= 11 is 0. The van der Waals surface area contributed by atoms with Crippen molar-refractivity contribution in [1.29, 1.82) is 5.26 Å². The smallest absolute Gasteiger partial charge is 0.244 e. The fraction of sp³-hybridized carbons (Fsp3) is 0.125. The summed E-state index contributed by atoms with van der Waals surface area (Å²) in [5, 5.41) is 18.4. The number of pyridine rings is 1. The first-order valence-corrected chi connectivity index (χ1v) is 9.65. The predicted molar refractivity (Wildman–Crippen MR) is 115 cm³/mol. The van der Waals surface area contributed by atoms with E-state index in [4.69, 9.17) is 10.5 Å². The van der Waals surface area contributed by atoms with E-state index in [1.54, 1.807) is 6.20 Å². The van der Waals surface area contributed by atoms with E-state index in [0.717, 1.165) is 38.9 Å². The average Bonchev–Trinajstić information content (AvgIpc) is 3.15. The van der Waals surface area contributed by atoms with Crippen molar-refractivity contribution in [3.8, 4) is 23.2 Å². The van der Waals surface area contributed by atoms with Crippen LogP contribution in [0.5, 0.6) is 5.88 Å². The van der Waals surface area contributed by atoms with Crippen LogP contribution in [0.2, 0.25) is 0 Å². The third-order valence-electron chi connectivity index (χ3n) is 5.58. The molecule has 0 amide bonds. The highest BCUT2D eigenvalue weighted by Gasteiger charge is 2.36. The SMILES string of the molecule is Cc1ccc(-c2[nH]nc3c2C(c2ccnc4ccccc24)C(C#N)=C(N)O3)c(C)c1. The maximum Gasteiger partial charge on any atom is 0.244 e. The van der Waals surface area contributed by atoms with Gasteiger partial charge in [-0.25, -0.2) is 0 Å². The maximum absolute atomic E-state index is 9.97. The van der Waals surface area contributed by atoms with E-state index in [-0.39, 0.29) is 5.88 Å². The van der Waals surface area contributed by atoms with Gasteiger partial charge in [0.2, 0.25) is 11.8 Å². The van der Waals surface area contributed by atoms with E-state index in [1.165, 1.54) is 5.56 Å². The molecule has 6 nitrogen and oxygen atoms in total. The number of aromatic nitrogens is 3. The van der Waals surface area contributed by atoms with E-state index in [0.29, 0.717) is 11.5 Å². The normalized spacial score (nSPS) is 15.6. The van der Waals surface area contributed by atoms with E-state index in [9.17, 15) is 5.26 Å². The molecule has 1 unspecified atom stereocenters. The maximum atomic E-state index is 9.97. The number of hydrogen-bond donors (Lipinski definition) is 2. The molecule has 1 aliphatic rings. The number of nitrogens with one attached hydrogen (secondary N) is 1. The van der Waals surface area contributed by atoms with Gasteiger partial charge in [-0.1, -0.05) is 42.0 Å². The molecule has 30 heavy (non-hydrogen) atoms. The summed E-state index contributed by atoms with van der Waals surface area (Å²) < 4.78 is 5.74. The van der Waals surface area contributed by atoms with Crippen LogP contribution in [0.25, 0.3) is 22.2 Å². The van der Waals surface area contributed by atoms with Crippen LogP contribution in [-0.4, -0.2) is 15.2 Å². The second kappa shape index (κ2) is 6.75. The largest absolute Gasteiger partial charge is 0.420 e. The molecular weight excluding hydrogens is 374 g/mol. The minimum absolute atomic E-state index is 0.0783. The third kappa shape index (κ3) is 2.64. The van der Waals surface area contributed by atoms with Crippen LogP contribution < -0.4 is 10.5 Å². The Hall–Kier alpha value is -4.11. The standard InChI is InChI=1S/C24H19N5O/c1-13-7-8-15(14(2)11-13)22-21-20(18(12-25)23(26)30-24(21)29-28-22)17-9-10-27-19-6-4-3-5-16(17)19/h3-11,20H,26H2,1-2H3,(H,28,29). The second-order valence-corrected chi connectivity index (χ2v) is 7.48. The first-order chi connectivity index (χ1) is 14.6. The van der Waals surface area contributed by atoms with Gasteiger partial charge in [0, 0.05) is 17.1 Å². The highest BCUT2D eigenvalue weighted by Crippen LogP contribution is 2.47. The minimum Gasteiger partial charge on any atom is -0.420 e. The predicted octanol–water partition coefficient (Wildman–Crippen LogP) is 4.46. The Morgan fingerprint density at radius 2 is 1.97 bits per heavy atom. The Kier molecular flexibility index (Phi) is 4.04. The number of nitriles is 1. The van der Waals surface area contributed by atoms with Gasteiger partial charge in [-0.3, -0.25) is 10.1 Å². The Morgan fingerprint density at radius 1 is 1.13 bits per heavy atom. The molecule has 0 aliphatic carbocycles. The van der Waals surface area contributed by atoms with Crippen molar-refractivity contribution in [2.45, 2.75) is 19.8 Å². The molecule has 0 radical (unpaired) electrons. The number of benzene rings is 2. The number of H-pyrrole nitrogens is 1. The lowest BCUT2D eigenvalue weighted by atomic mass is 9.81. The van der Waals surface area contributed by atoms with Gasteiger partial charge in [-0.05, 0) is 37.1 Å². The van der Waals surface area contributed by atoms with Gasteiger partial charge in [0.15, 0.2) is 0 Å². The Bertz CT molecular complexity index is 1370. The summed E-state index contributed by atoms with van der Waals surface area (Å²) in [5.74, 6) is 0.0584. The zero-order valence-corrected chi connectivity index (χ0v) is 16.6. The number of nitrogens with two attached hydrogens (primary N) is 1. The van der Waals surface area contributed by atoms with Crippen LogP contribution in [0.15, 0.2) is 66.2 Å². The summed E-state index contributed by atoms with van der Waals surface area (Å²) in [4.78, 5) is 4.47. The van der Waals surface area contributed by atoms with Gasteiger partial charge in [-0.15, -0.1) is 5.10 Å². The van der Waals surface area contributed by atoms with Crippen molar-refractivity contribution in [2.75, 3.05) is 0 Å². The number of aromatic amines is 1. The number of nitrogens with zero attached hydrogens (tertiary/aromatic N) is 3. The topological polar surface area (TPSA) is 101 Å². The Labute approximate surface area is 173 Å². The summed E-state index contributed by atoms with van der Waals surface area (Å²) in [7, 11) is 0. The van der Waals surface area contributed by atoms with Crippen LogP contribution in [0.1, 0.15) is 28.2 Å². The van der Waals surface area contributed by atoms with Gasteiger partial charge < -0.3 is 10.5 Å². The third-order valence-corrected chi connectivity index (χ3v) is 5.58. The van der Waals surface area contributed by atoms with Crippen molar-refractivity contribution < 1.29 is 4.74 Å². The molecule has 6 heteroatoms. The lowest BCUT2D eigenvalue weighted by molar-refractivity contribution is 0.379. The molecule has 0 saturated heterocycles. The summed E-state index contributed by atoms with van der Waals surface area (Å²) in [6, 6.07) is 18.3. The molecule has 3 N–H and O–H groups in total. The summed E-state index contributed by atoms with van der Waals surface area (Å²) in [6.07, 6.45) is 1.76. The van der Waals surface area contributed by atoms with Crippen LogP contribution >= 0.6 is 0 Å². The number of ether oxygens (including phenoxy) is 1. The molecular formula is C24H19N5O. The van der Waals surface area contributed by atoms with Crippen molar-refractivity contribution in [1.82, 2.24) is 15.2 Å². The lowest BCUT2D eigenvalue weighted by Gasteiger charge is -2.25. The van der Waals surface area contributed by atoms with Crippen molar-refractivity contribution in [3.63, 3.8) is 0 Å². The zero-order valence-electron chi connectivity index (χ0n) is 16.6. The molecule has 2 aromatic heterocycles. The van der Waals surface area contributed by atoms with Crippen LogP contribution in [0.3, 0.4) is 0 Å². The number of allylic oxidation sites excluding steroid dienone is 1. The van der Waals surface area contributed by atoms with Crippen LogP contribution in [0.4, 0.5) is 0 Å². The fourth-order valence-electron chi connectivity index (χ4n) is 4.23. The fourth-order valence-corrected chi connectivity index (χ4v) is 4.23. The van der Waals surface area contributed by atoms with Crippen LogP contribution in [-0.2, 0) is 0 Å². The van der Waals surface area contributed by atoms with Gasteiger partial charge >= 0.3 is 0 Å². The molecule has 146 valence electrons. The molecule has 1 aliphatic heterocycles. The van der Waals surface area contributed by atoms with Gasteiger partial charge in [0.1, 0.15) is 11.6 Å². The Morgan fingerprint density at radius 3 is 2.77 bits per heavy atom. The molecule has 0 spiro atoms. The molecule has 0 bridgehead atoms. The number of para-hydroxylation sites is 1. The lowest BCUT2D eigenvalue weighted by Crippen LogP contribution is -2.21. The van der Waals surface area contributed by atoms with Crippen molar-refractivity contribution >= 4 is 10.9 Å². The molecule has 3 heterocycles. The second-order valence-electron chi connectivity index (χ2n) is 7.48. The molecule has 2 aromatic carbocycles. The van der Waals surface area contributed by atoms with E-state index in [2.05, 4.69) is 53.3 Å². The molecule has 0 saturated carbocycles. The van der Waals surface area contributed by atoms with Gasteiger partial charge in [0.25, 0.3) is 0 Å². The zero-order chi connectivity index (χ0) is 20.8. The van der Waals surface area contributed by atoms with E-state index < -0.39 is 5.92 Å². The summed E-state index contributed by atoms with van der Waals surface area (Å²) in [5.41, 5.74) is 13.2. The molecule has 4 aromatic rings. The minimum atomic E-state index is -0.416. The average molecular weight is 393 g/mol. The number of hydrogen-bond acceptors (Lipinski definition) is 5. The van der Waals surface area contributed by atoms with Crippen molar-refractivity contribution in [2.24, 2.45) is 5.73 Å². The van der Waals surface area contributed by atoms with E-state index in [1.807, 2.05) is 30.3 Å².